The Bertz CT molecular complexity index is 409. The van der Waals surface area contributed by atoms with Gasteiger partial charge in [0.05, 0.1) is 6.61 Å². The van der Waals surface area contributed by atoms with Crippen molar-refractivity contribution in [3.05, 3.63) is 28.7 Å². The monoisotopic (exact) mass is 312 g/mol. The molecule has 2 rings (SSSR count). The standard InChI is InChI=1S/C14H21BrN2O/c1-14(2)6-7-16-12(10-18)9-17(14)13-5-3-4-11(15)8-13/h3-5,8,12,16,18H,6-7,9-10H2,1-2H3. The summed E-state index contributed by atoms with van der Waals surface area (Å²) in [6.07, 6.45) is 1.07. The first-order chi connectivity index (χ1) is 8.53. The second-order valence-corrected chi connectivity index (χ2v) is 6.40. The third kappa shape index (κ3) is 3.05. The Balaban J connectivity index is 2.30. The third-order valence-corrected chi connectivity index (χ3v) is 4.14. The van der Waals surface area contributed by atoms with E-state index in [1.807, 2.05) is 6.07 Å². The summed E-state index contributed by atoms with van der Waals surface area (Å²) in [5.41, 5.74) is 1.30. The minimum absolute atomic E-state index is 0.0950. The smallest absolute Gasteiger partial charge is 0.0601 e. The summed E-state index contributed by atoms with van der Waals surface area (Å²) in [4.78, 5) is 2.39. The van der Waals surface area contributed by atoms with Crippen LogP contribution in [0.15, 0.2) is 28.7 Å². The molecule has 4 heteroatoms. The van der Waals surface area contributed by atoms with E-state index in [0.29, 0.717) is 0 Å². The molecule has 0 amide bonds. The van der Waals surface area contributed by atoms with Crippen molar-refractivity contribution in [3.63, 3.8) is 0 Å². The summed E-state index contributed by atoms with van der Waals surface area (Å²) < 4.78 is 1.09. The zero-order valence-corrected chi connectivity index (χ0v) is 12.6. The number of aliphatic hydroxyl groups excluding tert-OH is 1. The van der Waals surface area contributed by atoms with Crippen LogP contribution in [0.2, 0.25) is 0 Å². The SMILES string of the molecule is CC1(C)CCNC(CO)CN1c1cccc(Br)c1. The van der Waals surface area contributed by atoms with Crippen molar-refractivity contribution in [2.45, 2.75) is 31.8 Å². The largest absolute Gasteiger partial charge is 0.395 e. The highest BCUT2D eigenvalue weighted by molar-refractivity contribution is 9.10. The van der Waals surface area contributed by atoms with Gasteiger partial charge in [-0.25, -0.2) is 0 Å². The fraction of sp³-hybridized carbons (Fsp3) is 0.571. The third-order valence-electron chi connectivity index (χ3n) is 3.64. The first-order valence-corrected chi connectivity index (χ1v) is 7.20. The maximum atomic E-state index is 9.41. The Morgan fingerprint density at radius 1 is 1.50 bits per heavy atom. The molecular formula is C14H21BrN2O. The molecule has 1 aliphatic rings. The molecule has 1 heterocycles. The molecule has 3 nitrogen and oxygen atoms in total. The van der Waals surface area contributed by atoms with Crippen molar-refractivity contribution >= 4 is 21.6 Å². The Morgan fingerprint density at radius 2 is 2.28 bits per heavy atom. The van der Waals surface area contributed by atoms with Crippen molar-refractivity contribution in [1.82, 2.24) is 5.32 Å². The van der Waals surface area contributed by atoms with Gasteiger partial charge in [0, 0.05) is 28.3 Å². The molecule has 1 saturated heterocycles. The van der Waals surface area contributed by atoms with Gasteiger partial charge in [-0.15, -0.1) is 0 Å². The van der Waals surface area contributed by atoms with E-state index in [-0.39, 0.29) is 18.2 Å². The van der Waals surface area contributed by atoms with Crippen LogP contribution >= 0.6 is 15.9 Å². The van der Waals surface area contributed by atoms with Crippen LogP contribution in [0.4, 0.5) is 5.69 Å². The lowest BCUT2D eigenvalue weighted by molar-refractivity contribution is 0.248. The number of hydrogen-bond donors (Lipinski definition) is 2. The van der Waals surface area contributed by atoms with Gasteiger partial charge in [-0.2, -0.15) is 0 Å². The van der Waals surface area contributed by atoms with Gasteiger partial charge in [-0.1, -0.05) is 22.0 Å². The van der Waals surface area contributed by atoms with E-state index in [0.717, 1.165) is 24.0 Å². The fourth-order valence-electron chi connectivity index (χ4n) is 2.47. The molecule has 18 heavy (non-hydrogen) atoms. The molecule has 0 bridgehead atoms. The van der Waals surface area contributed by atoms with Crippen LogP contribution in [0.5, 0.6) is 0 Å². The van der Waals surface area contributed by atoms with E-state index in [1.165, 1.54) is 5.69 Å². The molecule has 2 N–H and O–H groups in total. The summed E-state index contributed by atoms with van der Waals surface area (Å²) in [6.45, 7) is 6.48. The van der Waals surface area contributed by atoms with Crippen molar-refractivity contribution in [2.75, 3.05) is 24.6 Å². The molecule has 1 unspecified atom stereocenters. The second-order valence-electron chi connectivity index (χ2n) is 5.49. The summed E-state index contributed by atoms with van der Waals surface area (Å²) in [7, 11) is 0. The van der Waals surface area contributed by atoms with Gasteiger partial charge in [-0.05, 0) is 45.0 Å². The molecule has 0 radical (unpaired) electrons. The van der Waals surface area contributed by atoms with Gasteiger partial charge in [0.15, 0.2) is 0 Å². The van der Waals surface area contributed by atoms with Crippen molar-refractivity contribution < 1.29 is 5.11 Å². The molecule has 0 saturated carbocycles. The molecule has 0 aromatic heterocycles. The summed E-state index contributed by atoms with van der Waals surface area (Å²) >= 11 is 3.53. The molecule has 1 fully saturated rings. The summed E-state index contributed by atoms with van der Waals surface area (Å²) in [5.74, 6) is 0. The molecule has 0 spiro atoms. The van der Waals surface area contributed by atoms with Crippen molar-refractivity contribution in [3.8, 4) is 0 Å². The molecule has 1 aromatic rings. The topological polar surface area (TPSA) is 35.5 Å². The highest BCUT2D eigenvalue weighted by atomic mass is 79.9. The average Bonchev–Trinajstić information content (AvgIpc) is 2.47. The van der Waals surface area contributed by atoms with E-state index >= 15 is 0 Å². The van der Waals surface area contributed by atoms with Crippen molar-refractivity contribution in [2.24, 2.45) is 0 Å². The van der Waals surface area contributed by atoms with E-state index in [9.17, 15) is 5.11 Å². The first kappa shape index (κ1) is 13.8. The van der Waals surface area contributed by atoms with Crippen LogP contribution in [-0.4, -0.2) is 36.4 Å². The normalized spacial score (nSPS) is 23.8. The minimum Gasteiger partial charge on any atom is -0.395 e. The van der Waals surface area contributed by atoms with Crippen LogP contribution in [0.25, 0.3) is 0 Å². The lowest BCUT2D eigenvalue weighted by atomic mass is 9.97. The number of aliphatic hydroxyl groups is 1. The van der Waals surface area contributed by atoms with Gasteiger partial charge in [-0.3, -0.25) is 0 Å². The van der Waals surface area contributed by atoms with Crippen molar-refractivity contribution in [1.29, 1.82) is 0 Å². The summed E-state index contributed by atoms with van der Waals surface area (Å²) in [5, 5.41) is 12.8. The predicted octanol–water partition coefficient (Wildman–Crippen LogP) is 2.39. The lowest BCUT2D eigenvalue weighted by Gasteiger charge is -2.40. The zero-order valence-electron chi connectivity index (χ0n) is 11.0. The van der Waals surface area contributed by atoms with Gasteiger partial charge >= 0.3 is 0 Å². The highest BCUT2D eigenvalue weighted by Crippen LogP contribution is 2.30. The number of hydrogen-bond acceptors (Lipinski definition) is 3. The van der Waals surface area contributed by atoms with Crippen LogP contribution < -0.4 is 10.2 Å². The number of rotatable bonds is 2. The molecule has 100 valence electrons. The number of anilines is 1. The fourth-order valence-corrected chi connectivity index (χ4v) is 2.86. The number of nitrogens with one attached hydrogen (secondary N) is 1. The van der Waals surface area contributed by atoms with Gasteiger partial charge < -0.3 is 15.3 Å². The summed E-state index contributed by atoms with van der Waals surface area (Å²) in [6, 6.07) is 8.51. The van der Waals surface area contributed by atoms with E-state index in [2.05, 4.69) is 58.2 Å². The Hall–Kier alpha value is -0.580. The maximum absolute atomic E-state index is 9.41. The number of benzene rings is 1. The van der Waals surface area contributed by atoms with Crippen LogP contribution in [0, 0.1) is 0 Å². The van der Waals surface area contributed by atoms with Crippen LogP contribution in [-0.2, 0) is 0 Å². The predicted molar refractivity (Wildman–Crippen MR) is 79.1 cm³/mol. The van der Waals surface area contributed by atoms with Gasteiger partial charge in [0.1, 0.15) is 0 Å². The Morgan fingerprint density at radius 3 is 2.94 bits per heavy atom. The Kier molecular flexibility index (Phi) is 4.30. The quantitative estimate of drug-likeness (QED) is 0.880. The van der Waals surface area contributed by atoms with Crippen LogP contribution in [0.1, 0.15) is 20.3 Å². The van der Waals surface area contributed by atoms with E-state index < -0.39 is 0 Å². The van der Waals surface area contributed by atoms with Crippen LogP contribution in [0.3, 0.4) is 0 Å². The molecule has 1 aliphatic heterocycles. The second kappa shape index (κ2) is 5.59. The highest BCUT2D eigenvalue weighted by Gasteiger charge is 2.31. The average molecular weight is 313 g/mol. The zero-order chi connectivity index (χ0) is 13.2. The first-order valence-electron chi connectivity index (χ1n) is 6.40. The maximum Gasteiger partial charge on any atom is 0.0601 e. The number of nitrogens with zero attached hydrogens (tertiary/aromatic N) is 1. The lowest BCUT2D eigenvalue weighted by Crippen LogP contribution is -2.47. The van der Waals surface area contributed by atoms with E-state index in [1.54, 1.807) is 0 Å². The Labute approximate surface area is 117 Å². The van der Waals surface area contributed by atoms with E-state index in [4.69, 9.17) is 0 Å². The molecule has 1 aromatic carbocycles. The van der Waals surface area contributed by atoms with Gasteiger partial charge in [0.2, 0.25) is 0 Å². The molecule has 0 aliphatic carbocycles. The molecular weight excluding hydrogens is 292 g/mol. The number of halogens is 1. The van der Waals surface area contributed by atoms with Gasteiger partial charge in [0.25, 0.3) is 0 Å². The molecule has 1 atom stereocenters. The minimum atomic E-state index is 0.0950.